The fourth-order valence-electron chi connectivity index (χ4n) is 2.48. The van der Waals surface area contributed by atoms with Crippen LogP contribution in [-0.2, 0) is 11.3 Å². The predicted octanol–water partition coefficient (Wildman–Crippen LogP) is 2.43. The van der Waals surface area contributed by atoms with Crippen molar-refractivity contribution in [3.05, 3.63) is 58.9 Å². The van der Waals surface area contributed by atoms with Crippen LogP contribution >= 0.6 is 0 Å². The first-order chi connectivity index (χ1) is 9.59. The summed E-state index contributed by atoms with van der Waals surface area (Å²) in [5, 5.41) is 0. The maximum Gasteiger partial charge on any atom is 0.299 e. The molecule has 1 amide bonds. The lowest BCUT2D eigenvalue weighted by atomic mass is 10.0. The van der Waals surface area contributed by atoms with Crippen LogP contribution in [-0.4, -0.2) is 16.7 Å². The third-order valence-electron chi connectivity index (χ3n) is 3.70. The Bertz CT molecular complexity index is 708. The van der Waals surface area contributed by atoms with Crippen molar-refractivity contribution in [3.63, 3.8) is 0 Å². The number of rotatable bonds is 2. The second-order valence-corrected chi connectivity index (χ2v) is 4.95. The highest BCUT2D eigenvalue weighted by molar-refractivity contribution is 6.52. The maximum absolute atomic E-state index is 12.2. The summed E-state index contributed by atoms with van der Waals surface area (Å²) < 4.78 is 0. The second kappa shape index (κ2) is 4.56. The molecule has 2 heterocycles. The van der Waals surface area contributed by atoms with Crippen molar-refractivity contribution < 1.29 is 9.59 Å². The van der Waals surface area contributed by atoms with E-state index in [0.29, 0.717) is 12.1 Å². The van der Waals surface area contributed by atoms with Gasteiger partial charge in [0.05, 0.1) is 23.5 Å². The van der Waals surface area contributed by atoms with E-state index in [9.17, 15) is 9.59 Å². The van der Waals surface area contributed by atoms with Crippen LogP contribution < -0.4 is 4.90 Å². The minimum absolute atomic E-state index is 0.322. The molecule has 4 heteroatoms. The van der Waals surface area contributed by atoms with E-state index in [4.69, 9.17) is 0 Å². The fraction of sp³-hybridized carbons (Fsp3) is 0.188. The number of Topliss-reactive ketones (excluding diaryl/α,β-unsaturated/α-hetero) is 1. The number of pyridine rings is 1. The van der Waals surface area contributed by atoms with Crippen molar-refractivity contribution in [2.24, 2.45) is 0 Å². The van der Waals surface area contributed by atoms with E-state index in [2.05, 4.69) is 4.98 Å². The van der Waals surface area contributed by atoms with Crippen LogP contribution in [0.25, 0.3) is 0 Å². The normalized spacial score (nSPS) is 13.8. The minimum atomic E-state index is -0.473. The Morgan fingerprint density at radius 3 is 2.60 bits per heavy atom. The molecule has 0 aliphatic carbocycles. The molecule has 0 atom stereocenters. The molecular weight excluding hydrogens is 252 g/mol. The Hall–Kier alpha value is -2.49. The summed E-state index contributed by atoms with van der Waals surface area (Å²) in [6.45, 7) is 4.23. The molecule has 1 aromatic heterocycles. The monoisotopic (exact) mass is 266 g/mol. The van der Waals surface area contributed by atoms with Gasteiger partial charge in [-0.05, 0) is 43.2 Å². The number of amides is 1. The highest BCUT2D eigenvalue weighted by Crippen LogP contribution is 2.34. The third kappa shape index (κ3) is 1.81. The predicted molar refractivity (Wildman–Crippen MR) is 75.7 cm³/mol. The molecule has 3 rings (SSSR count). The average molecular weight is 266 g/mol. The summed E-state index contributed by atoms with van der Waals surface area (Å²) >= 11 is 0. The molecule has 0 spiro atoms. The topological polar surface area (TPSA) is 50.3 Å². The van der Waals surface area contributed by atoms with Gasteiger partial charge in [0.25, 0.3) is 11.7 Å². The number of nitrogens with zero attached hydrogens (tertiary/aromatic N) is 2. The molecule has 0 radical (unpaired) electrons. The third-order valence-corrected chi connectivity index (χ3v) is 3.70. The van der Waals surface area contributed by atoms with Crippen LogP contribution in [0.4, 0.5) is 5.69 Å². The van der Waals surface area contributed by atoms with Gasteiger partial charge >= 0.3 is 0 Å². The quantitative estimate of drug-likeness (QED) is 0.784. The van der Waals surface area contributed by atoms with E-state index >= 15 is 0 Å². The molecule has 100 valence electrons. The highest BCUT2D eigenvalue weighted by Gasteiger charge is 2.37. The molecule has 1 aliphatic heterocycles. The van der Waals surface area contributed by atoms with Crippen LogP contribution in [0.2, 0.25) is 0 Å². The van der Waals surface area contributed by atoms with Crippen LogP contribution in [0.3, 0.4) is 0 Å². The first-order valence-corrected chi connectivity index (χ1v) is 6.46. The molecule has 0 N–H and O–H groups in total. The van der Waals surface area contributed by atoms with Gasteiger partial charge in [0.2, 0.25) is 0 Å². The largest absolute Gasteiger partial charge is 0.299 e. The first kappa shape index (κ1) is 12.5. The van der Waals surface area contributed by atoms with Gasteiger partial charge in [-0.2, -0.15) is 0 Å². The SMILES string of the molecule is Cc1ccc2c(c1C)N(Cc1ccccn1)C(=O)C2=O. The van der Waals surface area contributed by atoms with E-state index < -0.39 is 11.7 Å². The van der Waals surface area contributed by atoms with Gasteiger partial charge in [-0.15, -0.1) is 0 Å². The zero-order valence-corrected chi connectivity index (χ0v) is 11.4. The standard InChI is InChI=1S/C16H14N2O2/c1-10-6-7-13-14(11(10)2)18(16(20)15(13)19)9-12-5-3-4-8-17-12/h3-8H,9H2,1-2H3. The van der Waals surface area contributed by atoms with Gasteiger partial charge in [-0.25, -0.2) is 0 Å². The number of carbonyl (C=O) groups excluding carboxylic acids is 2. The molecule has 2 aromatic rings. The molecule has 0 fully saturated rings. The molecule has 1 aliphatic rings. The fourth-order valence-corrected chi connectivity index (χ4v) is 2.48. The van der Waals surface area contributed by atoms with Gasteiger partial charge in [0.1, 0.15) is 0 Å². The lowest BCUT2D eigenvalue weighted by molar-refractivity contribution is -0.114. The van der Waals surface area contributed by atoms with Crippen LogP contribution in [0.1, 0.15) is 27.2 Å². The number of fused-ring (bicyclic) bond motifs is 1. The zero-order chi connectivity index (χ0) is 14.3. The maximum atomic E-state index is 12.2. The Balaban J connectivity index is 2.08. The molecule has 4 nitrogen and oxygen atoms in total. The number of aryl methyl sites for hydroxylation is 1. The van der Waals surface area contributed by atoms with E-state index in [1.807, 2.05) is 38.1 Å². The smallest absolute Gasteiger partial charge is 0.298 e. The summed E-state index contributed by atoms with van der Waals surface area (Å²) in [6, 6.07) is 9.15. The van der Waals surface area contributed by atoms with Crippen LogP contribution in [0, 0.1) is 13.8 Å². The number of benzene rings is 1. The average Bonchev–Trinajstić information content (AvgIpc) is 2.70. The first-order valence-electron chi connectivity index (χ1n) is 6.46. The summed E-state index contributed by atoms with van der Waals surface area (Å²) in [7, 11) is 0. The molecule has 20 heavy (non-hydrogen) atoms. The van der Waals surface area contributed by atoms with Gasteiger partial charge in [-0.1, -0.05) is 12.1 Å². The Labute approximate surface area is 117 Å². The zero-order valence-electron chi connectivity index (χ0n) is 11.4. The lowest BCUT2D eigenvalue weighted by Gasteiger charge is -2.19. The van der Waals surface area contributed by atoms with E-state index in [1.165, 1.54) is 4.90 Å². The van der Waals surface area contributed by atoms with Gasteiger partial charge in [0, 0.05) is 6.20 Å². The Kier molecular flexibility index (Phi) is 2.86. The van der Waals surface area contributed by atoms with Crippen molar-refractivity contribution in [1.82, 2.24) is 4.98 Å². The number of hydrogen-bond donors (Lipinski definition) is 0. The molecular formula is C16H14N2O2. The number of hydrogen-bond acceptors (Lipinski definition) is 3. The number of anilines is 1. The van der Waals surface area contributed by atoms with Crippen molar-refractivity contribution in [2.45, 2.75) is 20.4 Å². The number of ketones is 1. The molecule has 0 unspecified atom stereocenters. The Morgan fingerprint density at radius 1 is 1.10 bits per heavy atom. The number of aromatic nitrogens is 1. The summed E-state index contributed by atoms with van der Waals surface area (Å²) in [5.74, 6) is -0.904. The Morgan fingerprint density at radius 2 is 1.90 bits per heavy atom. The highest BCUT2D eigenvalue weighted by atomic mass is 16.2. The van der Waals surface area contributed by atoms with Gasteiger partial charge in [-0.3, -0.25) is 19.5 Å². The van der Waals surface area contributed by atoms with Gasteiger partial charge in [0.15, 0.2) is 0 Å². The van der Waals surface area contributed by atoms with Crippen molar-refractivity contribution in [1.29, 1.82) is 0 Å². The van der Waals surface area contributed by atoms with Gasteiger partial charge < -0.3 is 0 Å². The summed E-state index contributed by atoms with van der Waals surface area (Å²) in [4.78, 5) is 30.0. The minimum Gasteiger partial charge on any atom is -0.298 e. The molecule has 0 bridgehead atoms. The van der Waals surface area contributed by atoms with Crippen molar-refractivity contribution >= 4 is 17.4 Å². The van der Waals surface area contributed by atoms with Crippen LogP contribution in [0.15, 0.2) is 36.5 Å². The van der Waals surface area contributed by atoms with E-state index in [0.717, 1.165) is 22.5 Å². The van der Waals surface area contributed by atoms with Crippen molar-refractivity contribution in [3.8, 4) is 0 Å². The number of carbonyl (C=O) groups is 2. The summed E-state index contributed by atoms with van der Waals surface area (Å²) in [5.41, 5.74) is 4.02. The van der Waals surface area contributed by atoms with Crippen LogP contribution in [0.5, 0.6) is 0 Å². The molecule has 0 saturated heterocycles. The van der Waals surface area contributed by atoms with E-state index in [-0.39, 0.29) is 0 Å². The van der Waals surface area contributed by atoms with E-state index in [1.54, 1.807) is 12.3 Å². The summed E-state index contributed by atoms with van der Waals surface area (Å²) in [6.07, 6.45) is 1.68. The molecule has 0 saturated carbocycles. The lowest BCUT2D eigenvalue weighted by Crippen LogP contribution is -2.29. The molecule has 1 aromatic carbocycles. The second-order valence-electron chi connectivity index (χ2n) is 4.95. The van der Waals surface area contributed by atoms with Crippen molar-refractivity contribution in [2.75, 3.05) is 4.90 Å².